The lowest BCUT2D eigenvalue weighted by molar-refractivity contribution is -0.00393. The van der Waals surface area contributed by atoms with Crippen LogP contribution in [-0.2, 0) is 0 Å². The van der Waals surface area contributed by atoms with Gasteiger partial charge in [0.25, 0.3) is 0 Å². The Bertz CT molecular complexity index is 491. The summed E-state index contributed by atoms with van der Waals surface area (Å²) in [5.74, 6) is 0. The summed E-state index contributed by atoms with van der Waals surface area (Å²) in [6.07, 6.45) is 27.9. The van der Waals surface area contributed by atoms with E-state index in [-0.39, 0.29) is 0 Å². The molecule has 2 aliphatic rings. The highest BCUT2D eigenvalue weighted by molar-refractivity contribution is 5.05. The van der Waals surface area contributed by atoms with E-state index < -0.39 is 0 Å². The van der Waals surface area contributed by atoms with Gasteiger partial charge < -0.3 is 5.32 Å². The Hall–Kier alpha value is -0.0800. The normalized spacial score (nSPS) is 26.9. The molecule has 0 aromatic carbocycles. The predicted molar refractivity (Wildman–Crippen MR) is 148 cm³/mol. The molecular formula is C31H62N2. The maximum Gasteiger partial charge on any atom is 0.0184 e. The maximum absolute atomic E-state index is 4.31. The van der Waals surface area contributed by atoms with Crippen LogP contribution in [0, 0.1) is 0 Å². The number of nitrogens with one attached hydrogen (secondary N) is 1. The Kier molecular flexibility index (Phi) is 13.4. The van der Waals surface area contributed by atoms with Crippen LogP contribution in [0.3, 0.4) is 0 Å². The summed E-state index contributed by atoms with van der Waals surface area (Å²) in [7, 11) is 0. The molecular weight excluding hydrogens is 400 g/mol. The van der Waals surface area contributed by atoms with Gasteiger partial charge in [0.1, 0.15) is 0 Å². The van der Waals surface area contributed by atoms with Crippen LogP contribution in [0.2, 0.25) is 0 Å². The number of hydrogen-bond donors (Lipinski definition) is 1. The number of fused-ring (bicyclic) bond motifs is 2. The quantitative estimate of drug-likeness (QED) is 0.192. The monoisotopic (exact) mass is 462 g/mol. The number of nitrogens with zero attached hydrogens (tertiary/aromatic N) is 1. The van der Waals surface area contributed by atoms with Gasteiger partial charge in [-0.05, 0) is 65.2 Å². The minimum absolute atomic E-state index is 0.349. The highest BCUT2D eigenvalue weighted by atomic mass is 15.3. The smallest absolute Gasteiger partial charge is 0.0184 e. The summed E-state index contributed by atoms with van der Waals surface area (Å²) in [5.41, 5.74) is 0.774. The molecule has 33 heavy (non-hydrogen) atoms. The zero-order valence-electron chi connectivity index (χ0n) is 23.8. The number of piperidine rings is 1. The second-order valence-electron chi connectivity index (χ2n) is 12.4. The summed E-state index contributed by atoms with van der Waals surface area (Å²) in [6, 6.07) is 2.38. The van der Waals surface area contributed by atoms with Gasteiger partial charge in [-0.15, -0.1) is 0 Å². The van der Waals surface area contributed by atoms with Gasteiger partial charge in [0.2, 0.25) is 0 Å². The van der Waals surface area contributed by atoms with Gasteiger partial charge in [0, 0.05) is 29.2 Å². The Morgan fingerprint density at radius 1 is 0.636 bits per heavy atom. The first-order valence-electron chi connectivity index (χ1n) is 15.5. The van der Waals surface area contributed by atoms with Gasteiger partial charge in [0.15, 0.2) is 0 Å². The zero-order valence-corrected chi connectivity index (χ0v) is 23.8. The van der Waals surface area contributed by atoms with Crippen LogP contribution in [0.5, 0.6) is 0 Å². The summed E-state index contributed by atoms with van der Waals surface area (Å²) in [4.78, 5) is 3.04. The molecule has 0 aromatic rings. The molecule has 0 amide bonds. The second kappa shape index (κ2) is 15.1. The number of unbranched alkanes of at least 4 members (excludes halogenated alkanes) is 9. The third-order valence-electron chi connectivity index (χ3n) is 9.40. The summed E-state index contributed by atoms with van der Waals surface area (Å²) in [5, 5.41) is 4.31. The van der Waals surface area contributed by atoms with Crippen LogP contribution in [0.4, 0.5) is 0 Å². The highest BCUT2D eigenvalue weighted by Gasteiger charge is 2.48. The van der Waals surface area contributed by atoms with Crippen LogP contribution >= 0.6 is 0 Å². The Balaban J connectivity index is 1.95. The molecule has 2 aliphatic heterocycles. The largest absolute Gasteiger partial charge is 0.309 e. The second-order valence-corrected chi connectivity index (χ2v) is 12.4. The first-order chi connectivity index (χ1) is 15.9. The molecule has 2 heteroatoms. The molecule has 2 fully saturated rings. The van der Waals surface area contributed by atoms with Crippen molar-refractivity contribution in [3.05, 3.63) is 0 Å². The summed E-state index contributed by atoms with van der Waals surface area (Å²) in [6.45, 7) is 14.6. The molecule has 196 valence electrons. The van der Waals surface area contributed by atoms with Crippen molar-refractivity contribution in [2.45, 2.75) is 199 Å². The van der Waals surface area contributed by atoms with Crippen molar-refractivity contribution < 1.29 is 0 Å². The fourth-order valence-electron chi connectivity index (χ4n) is 7.24. The van der Waals surface area contributed by atoms with Gasteiger partial charge >= 0.3 is 0 Å². The molecule has 2 nitrogen and oxygen atoms in total. The minimum Gasteiger partial charge on any atom is -0.309 e. The number of hydrogen-bond acceptors (Lipinski definition) is 2. The Labute approximate surface area is 209 Å². The van der Waals surface area contributed by atoms with Crippen molar-refractivity contribution in [2.24, 2.45) is 0 Å². The Morgan fingerprint density at radius 3 is 1.64 bits per heavy atom. The lowest BCUT2D eigenvalue weighted by atomic mass is 9.82. The maximum atomic E-state index is 4.31. The van der Waals surface area contributed by atoms with Crippen LogP contribution in [0.1, 0.15) is 170 Å². The van der Waals surface area contributed by atoms with E-state index in [4.69, 9.17) is 0 Å². The van der Waals surface area contributed by atoms with E-state index in [0.717, 1.165) is 18.1 Å². The topological polar surface area (TPSA) is 15.3 Å². The molecule has 0 saturated carbocycles. The SMILES string of the molecule is CCCCCCCC(C)(CCCCC)NC1CC2CCC(C1)N2C(C)(CC)CCCCCC. The first-order valence-corrected chi connectivity index (χ1v) is 15.5. The fourth-order valence-corrected chi connectivity index (χ4v) is 7.24. The van der Waals surface area contributed by atoms with E-state index >= 15 is 0 Å². The third kappa shape index (κ3) is 9.14. The lowest BCUT2D eigenvalue weighted by Gasteiger charge is -2.51. The zero-order chi connectivity index (χ0) is 24.2. The molecule has 0 aromatic heterocycles. The van der Waals surface area contributed by atoms with Gasteiger partial charge in [-0.3, -0.25) is 4.90 Å². The van der Waals surface area contributed by atoms with Gasteiger partial charge in [-0.1, -0.05) is 105 Å². The van der Waals surface area contributed by atoms with E-state index in [0.29, 0.717) is 11.1 Å². The molecule has 0 spiro atoms. The van der Waals surface area contributed by atoms with Crippen molar-refractivity contribution in [2.75, 3.05) is 0 Å². The van der Waals surface area contributed by atoms with Crippen LogP contribution in [0.25, 0.3) is 0 Å². The Morgan fingerprint density at radius 2 is 1.09 bits per heavy atom. The van der Waals surface area contributed by atoms with E-state index in [9.17, 15) is 0 Å². The van der Waals surface area contributed by atoms with Crippen molar-refractivity contribution in [1.82, 2.24) is 10.2 Å². The molecule has 2 rings (SSSR count). The highest BCUT2D eigenvalue weighted by Crippen LogP contribution is 2.44. The molecule has 1 N–H and O–H groups in total. The van der Waals surface area contributed by atoms with E-state index in [1.54, 1.807) is 0 Å². The number of rotatable bonds is 19. The summed E-state index contributed by atoms with van der Waals surface area (Å²) < 4.78 is 0. The van der Waals surface area contributed by atoms with Crippen molar-refractivity contribution >= 4 is 0 Å². The van der Waals surface area contributed by atoms with Crippen molar-refractivity contribution in [3.63, 3.8) is 0 Å². The third-order valence-corrected chi connectivity index (χ3v) is 9.40. The van der Waals surface area contributed by atoms with Crippen molar-refractivity contribution in [3.8, 4) is 0 Å². The van der Waals surface area contributed by atoms with Crippen LogP contribution in [-0.4, -0.2) is 34.1 Å². The van der Waals surface area contributed by atoms with Crippen LogP contribution < -0.4 is 5.32 Å². The molecule has 2 saturated heterocycles. The fraction of sp³-hybridized carbons (Fsp3) is 1.00. The molecule has 0 radical (unpaired) electrons. The molecule has 4 unspecified atom stereocenters. The average molecular weight is 463 g/mol. The van der Waals surface area contributed by atoms with E-state index in [1.807, 2.05) is 0 Å². The average Bonchev–Trinajstić information content (AvgIpc) is 3.08. The molecule has 2 bridgehead atoms. The lowest BCUT2D eigenvalue weighted by Crippen LogP contribution is -2.60. The van der Waals surface area contributed by atoms with Gasteiger partial charge in [0.05, 0.1) is 0 Å². The van der Waals surface area contributed by atoms with Gasteiger partial charge in [-0.25, -0.2) is 0 Å². The predicted octanol–water partition coefficient (Wildman–Crippen LogP) is 9.41. The minimum atomic E-state index is 0.349. The van der Waals surface area contributed by atoms with E-state index in [2.05, 4.69) is 51.8 Å². The van der Waals surface area contributed by atoms with Gasteiger partial charge in [-0.2, -0.15) is 0 Å². The molecule has 2 heterocycles. The summed E-state index contributed by atoms with van der Waals surface area (Å²) >= 11 is 0. The van der Waals surface area contributed by atoms with Crippen LogP contribution in [0.15, 0.2) is 0 Å². The standard InChI is InChI=1S/C31H62N2/c1-7-11-14-16-18-23-30(5,22-17-13-9-3)32-27-25-28-20-21-29(26-27)33(28)31(6,10-4)24-19-15-12-8-2/h27-29,32H,7-26H2,1-6H3. The first kappa shape index (κ1) is 29.2. The molecule has 0 aliphatic carbocycles. The van der Waals surface area contributed by atoms with Crippen molar-refractivity contribution in [1.29, 1.82) is 0 Å². The molecule has 4 atom stereocenters. The van der Waals surface area contributed by atoms with E-state index in [1.165, 1.54) is 128 Å².